The SMILES string of the molecule is Cc1ccc(CNC(=O)c2ccc3n(c2=O)CCN(CC2(S(C)(=O)=O)CC2)C3=O)c(F)c1. The van der Waals surface area contributed by atoms with Crippen LogP contribution < -0.4 is 10.9 Å². The fourth-order valence-electron chi connectivity index (χ4n) is 3.99. The van der Waals surface area contributed by atoms with Gasteiger partial charge in [-0.25, -0.2) is 12.8 Å². The largest absolute Gasteiger partial charge is 0.348 e. The third kappa shape index (κ3) is 3.94. The predicted molar refractivity (Wildman–Crippen MR) is 116 cm³/mol. The number of nitrogens with one attached hydrogen (secondary N) is 1. The summed E-state index contributed by atoms with van der Waals surface area (Å²) in [5.74, 6) is -1.54. The summed E-state index contributed by atoms with van der Waals surface area (Å²) in [5.41, 5.74) is 0.423. The Hall–Kier alpha value is -3.01. The molecule has 2 aliphatic rings. The maximum Gasteiger partial charge on any atom is 0.270 e. The first-order chi connectivity index (χ1) is 15.0. The zero-order chi connectivity index (χ0) is 23.3. The van der Waals surface area contributed by atoms with Gasteiger partial charge in [0, 0.05) is 38.0 Å². The number of pyridine rings is 1. The highest BCUT2D eigenvalue weighted by Gasteiger charge is 2.54. The van der Waals surface area contributed by atoms with Gasteiger partial charge in [0.05, 0.1) is 4.75 Å². The normalized spacial score (nSPS) is 17.1. The van der Waals surface area contributed by atoms with Gasteiger partial charge in [-0.1, -0.05) is 12.1 Å². The second-order valence-electron chi connectivity index (χ2n) is 8.55. The number of nitrogens with zero attached hydrogens (tertiary/aromatic N) is 2. The highest BCUT2D eigenvalue weighted by molar-refractivity contribution is 7.92. The van der Waals surface area contributed by atoms with E-state index in [4.69, 9.17) is 0 Å². The van der Waals surface area contributed by atoms with E-state index in [1.807, 2.05) is 0 Å². The van der Waals surface area contributed by atoms with Gasteiger partial charge < -0.3 is 14.8 Å². The minimum Gasteiger partial charge on any atom is -0.348 e. The summed E-state index contributed by atoms with van der Waals surface area (Å²) in [4.78, 5) is 39.7. The van der Waals surface area contributed by atoms with Crippen LogP contribution in [0.5, 0.6) is 0 Å². The number of aromatic nitrogens is 1. The Balaban J connectivity index is 1.51. The molecule has 1 aromatic heterocycles. The summed E-state index contributed by atoms with van der Waals surface area (Å²) >= 11 is 0. The fraction of sp³-hybridized carbons (Fsp3) is 0.409. The zero-order valence-electron chi connectivity index (χ0n) is 17.9. The average molecular weight is 462 g/mol. The molecule has 0 unspecified atom stereocenters. The molecule has 0 bridgehead atoms. The van der Waals surface area contributed by atoms with Crippen molar-refractivity contribution in [3.05, 3.63) is 68.9 Å². The predicted octanol–water partition coefficient (Wildman–Crippen LogP) is 1.26. The van der Waals surface area contributed by atoms with Crippen molar-refractivity contribution in [2.75, 3.05) is 19.3 Å². The van der Waals surface area contributed by atoms with Crippen LogP contribution in [0.3, 0.4) is 0 Å². The second-order valence-corrected chi connectivity index (χ2v) is 11.0. The van der Waals surface area contributed by atoms with E-state index in [-0.39, 0.29) is 37.4 Å². The van der Waals surface area contributed by atoms with Crippen molar-refractivity contribution < 1.29 is 22.4 Å². The van der Waals surface area contributed by atoms with Crippen molar-refractivity contribution in [2.24, 2.45) is 0 Å². The first kappa shape index (κ1) is 22.2. The summed E-state index contributed by atoms with van der Waals surface area (Å²) in [6.07, 6.45) is 2.21. The fourth-order valence-corrected chi connectivity index (χ4v) is 5.23. The third-order valence-electron chi connectivity index (χ3n) is 6.24. The van der Waals surface area contributed by atoms with Crippen molar-refractivity contribution in [3.8, 4) is 0 Å². The van der Waals surface area contributed by atoms with E-state index < -0.39 is 37.8 Å². The van der Waals surface area contributed by atoms with E-state index in [2.05, 4.69) is 5.32 Å². The topological polar surface area (TPSA) is 106 Å². The first-order valence-electron chi connectivity index (χ1n) is 10.3. The van der Waals surface area contributed by atoms with Gasteiger partial charge in [0.15, 0.2) is 9.84 Å². The molecule has 1 aliphatic carbocycles. The minimum atomic E-state index is -3.29. The van der Waals surface area contributed by atoms with Gasteiger partial charge in [0.25, 0.3) is 17.4 Å². The summed E-state index contributed by atoms with van der Waals surface area (Å²) in [6, 6.07) is 7.34. The number of fused-ring (bicyclic) bond motifs is 1. The van der Waals surface area contributed by atoms with E-state index in [1.165, 1.54) is 33.9 Å². The molecule has 2 amide bonds. The number of hydrogen-bond acceptors (Lipinski definition) is 5. The van der Waals surface area contributed by atoms with Gasteiger partial charge in [-0.3, -0.25) is 14.4 Å². The Kier molecular flexibility index (Phi) is 5.44. The van der Waals surface area contributed by atoms with Crippen LogP contribution >= 0.6 is 0 Å². The lowest BCUT2D eigenvalue weighted by Gasteiger charge is -2.32. The van der Waals surface area contributed by atoms with E-state index in [1.54, 1.807) is 19.1 Å². The highest BCUT2D eigenvalue weighted by Crippen LogP contribution is 2.44. The van der Waals surface area contributed by atoms with Crippen LogP contribution in [0, 0.1) is 12.7 Å². The molecule has 170 valence electrons. The molecule has 1 saturated carbocycles. The number of hydrogen-bond donors (Lipinski definition) is 1. The Labute approximate surface area is 185 Å². The number of halogens is 1. The lowest BCUT2D eigenvalue weighted by molar-refractivity contribution is 0.0695. The summed E-state index contributed by atoms with van der Waals surface area (Å²) in [6.45, 7) is 2.12. The quantitative estimate of drug-likeness (QED) is 0.697. The van der Waals surface area contributed by atoms with Crippen molar-refractivity contribution in [1.82, 2.24) is 14.8 Å². The zero-order valence-corrected chi connectivity index (χ0v) is 18.7. The highest BCUT2D eigenvalue weighted by atomic mass is 32.2. The maximum atomic E-state index is 14.0. The average Bonchev–Trinajstić information content (AvgIpc) is 3.51. The van der Waals surface area contributed by atoms with Gasteiger partial charge >= 0.3 is 0 Å². The van der Waals surface area contributed by atoms with E-state index in [0.29, 0.717) is 18.4 Å². The molecule has 1 aliphatic heterocycles. The van der Waals surface area contributed by atoms with E-state index >= 15 is 0 Å². The molecule has 4 rings (SSSR count). The molecule has 0 saturated heterocycles. The standard InChI is InChI=1S/C22H24FN3O5S/c1-14-3-4-15(17(23)11-14)12-24-19(27)16-5-6-18-21(29)25(9-10-26(18)20(16)28)13-22(7-8-22)32(2,30)31/h3-6,11H,7-10,12-13H2,1-2H3,(H,24,27). The Morgan fingerprint density at radius 3 is 2.50 bits per heavy atom. The molecule has 8 nitrogen and oxygen atoms in total. The number of carbonyl (C=O) groups excluding carboxylic acids is 2. The molecule has 0 atom stereocenters. The number of carbonyl (C=O) groups is 2. The Morgan fingerprint density at radius 2 is 1.88 bits per heavy atom. The summed E-state index contributed by atoms with van der Waals surface area (Å²) in [5, 5.41) is 2.54. The van der Waals surface area contributed by atoms with Crippen LogP contribution in [0.25, 0.3) is 0 Å². The molecular formula is C22H24FN3O5S. The van der Waals surface area contributed by atoms with Crippen molar-refractivity contribution >= 4 is 21.7 Å². The van der Waals surface area contributed by atoms with Gasteiger partial charge in [0.2, 0.25) is 0 Å². The number of rotatable bonds is 6. The van der Waals surface area contributed by atoms with Gasteiger partial charge in [-0.2, -0.15) is 0 Å². The van der Waals surface area contributed by atoms with E-state index in [0.717, 1.165) is 5.56 Å². The first-order valence-corrected chi connectivity index (χ1v) is 12.2. The van der Waals surface area contributed by atoms with Crippen LogP contribution in [0.2, 0.25) is 0 Å². The Morgan fingerprint density at radius 1 is 1.16 bits per heavy atom. The number of aryl methyl sites for hydroxylation is 1. The molecule has 2 heterocycles. The second kappa shape index (κ2) is 7.84. The van der Waals surface area contributed by atoms with Crippen LogP contribution in [-0.2, 0) is 22.9 Å². The lowest BCUT2D eigenvalue weighted by Crippen LogP contribution is -2.49. The molecule has 1 N–H and O–H groups in total. The smallest absolute Gasteiger partial charge is 0.270 e. The molecule has 0 spiro atoms. The monoisotopic (exact) mass is 461 g/mol. The third-order valence-corrected chi connectivity index (χ3v) is 8.35. The van der Waals surface area contributed by atoms with Crippen LogP contribution in [0.4, 0.5) is 4.39 Å². The molecule has 1 fully saturated rings. The Bertz CT molecular complexity index is 1280. The van der Waals surface area contributed by atoms with Crippen LogP contribution in [-0.4, -0.2) is 53.8 Å². The van der Waals surface area contributed by atoms with E-state index in [9.17, 15) is 27.2 Å². The number of benzene rings is 1. The molecule has 32 heavy (non-hydrogen) atoms. The van der Waals surface area contributed by atoms with Crippen molar-refractivity contribution in [3.63, 3.8) is 0 Å². The maximum absolute atomic E-state index is 14.0. The lowest BCUT2D eigenvalue weighted by atomic mass is 10.1. The molecule has 1 aromatic carbocycles. The van der Waals surface area contributed by atoms with Crippen LogP contribution in [0.1, 0.15) is 44.8 Å². The molecular weight excluding hydrogens is 437 g/mol. The van der Waals surface area contributed by atoms with Gasteiger partial charge in [-0.05, 0) is 43.5 Å². The molecule has 10 heteroatoms. The number of amides is 2. The minimum absolute atomic E-state index is 0.0770. The molecule has 2 aromatic rings. The van der Waals surface area contributed by atoms with Crippen molar-refractivity contribution in [2.45, 2.75) is 37.6 Å². The van der Waals surface area contributed by atoms with Crippen LogP contribution in [0.15, 0.2) is 35.1 Å². The summed E-state index contributed by atoms with van der Waals surface area (Å²) < 4.78 is 38.4. The van der Waals surface area contributed by atoms with Gasteiger partial charge in [0.1, 0.15) is 17.1 Å². The van der Waals surface area contributed by atoms with Crippen molar-refractivity contribution in [1.29, 1.82) is 0 Å². The summed E-state index contributed by atoms with van der Waals surface area (Å²) in [7, 11) is -3.29. The molecule has 0 radical (unpaired) electrons. The van der Waals surface area contributed by atoms with Gasteiger partial charge in [-0.15, -0.1) is 0 Å². The number of sulfone groups is 1.